The van der Waals surface area contributed by atoms with Crippen molar-refractivity contribution in [3.8, 4) is 16.3 Å². The van der Waals surface area contributed by atoms with Crippen LogP contribution < -0.4 is 4.74 Å². The van der Waals surface area contributed by atoms with Gasteiger partial charge in [-0.15, -0.1) is 11.3 Å². The Morgan fingerprint density at radius 2 is 1.78 bits per heavy atom. The van der Waals surface area contributed by atoms with E-state index in [2.05, 4.69) is 0 Å². The van der Waals surface area contributed by atoms with E-state index < -0.39 is 17.3 Å². The molecule has 0 saturated carbocycles. The van der Waals surface area contributed by atoms with Crippen LogP contribution in [0.1, 0.15) is 78.5 Å². The highest BCUT2D eigenvalue weighted by Crippen LogP contribution is 2.35. The molecule has 194 valence electrons. The predicted octanol–water partition coefficient (Wildman–Crippen LogP) is 7.62. The van der Waals surface area contributed by atoms with Crippen molar-refractivity contribution < 1.29 is 27.8 Å². The summed E-state index contributed by atoms with van der Waals surface area (Å²) in [5.74, 6) is 0.825. The molecule has 1 aromatic heterocycles. The number of nitrogens with zero attached hydrogens (tertiary/aromatic N) is 1. The third kappa shape index (κ3) is 6.95. The van der Waals surface area contributed by atoms with Gasteiger partial charge in [0.25, 0.3) is 0 Å². The lowest BCUT2D eigenvalue weighted by atomic mass is 10.0. The van der Waals surface area contributed by atoms with Crippen molar-refractivity contribution >= 4 is 17.1 Å². The van der Waals surface area contributed by atoms with E-state index in [-0.39, 0.29) is 18.3 Å². The molecule has 0 radical (unpaired) electrons. The smallest absolute Gasteiger partial charge is 0.416 e. The molecule has 0 bridgehead atoms. The molecule has 2 aromatic carbocycles. The van der Waals surface area contributed by atoms with Crippen LogP contribution in [0.5, 0.6) is 5.75 Å². The van der Waals surface area contributed by atoms with E-state index in [9.17, 15) is 23.1 Å². The van der Waals surface area contributed by atoms with Crippen LogP contribution in [0.4, 0.5) is 13.2 Å². The highest BCUT2D eigenvalue weighted by molar-refractivity contribution is 7.15. The standard InChI is InChI=1S/C28H32F3NO3S/c1-17(2)25-24(36-26(32-25)19-9-12-21(13-10-19)28(29,30)31)8-6-7-22(34)20-11-14-23(18(3)15-20)35-27(4,5)16-33/h9-15,17,33H,6-8,16H2,1-5H3. The van der Waals surface area contributed by atoms with E-state index in [1.54, 1.807) is 32.0 Å². The van der Waals surface area contributed by atoms with E-state index in [0.29, 0.717) is 41.1 Å². The molecule has 1 N–H and O–H groups in total. The summed E-state index contributed by atoms with van der Waals surface area (Å²) < 4.78 is 44.5. The SMILES string of the molecule is Cc1cc(C(=O)CCCc2sc(-c3ccc(C(F)(F)F)cc3)nc2C(C)C)ccc1OC(C)(C)CO. The zero-order chi connectivity index (χ0) is 26.7. The van der Waals surface area contributed by atoms with Crippen molar-refractivity contribution in [1.29, 1.82) is 0 Å². The van der Waals surface area contributed by atoms with Crippen LogP contribution in [-0.4, -0.2) is 28.1 Å². The fraction of sp³-hybridized carbons (Fsp3) is 0.429. The fourth-order valence-electron chi connectivity index (χ4n) is 3.74. The predicted molar refractivity (Wildman–Crippen MR) is 137 cm³/mol. The van der Waals surface area contributed by atoms with Crippen molar-refractivity contribution in [1.82, 2.24) is 4.98 Å². The molecule has 0 saturated heterocycles. The molecule has 1 heterocycles. The van der Waals surface area contributed by atoms with Crippen molar-refractivity contribution in [3.63, 3.8) is 0 Å². The Kier molecular flexibility index (Phi) is 8.62. The number of carbonyl (C=O) groups is 1. The summed E-state index contributed by atoms with van der Waals surface area (Å²) in [5, 5.41) is 10.1. The Balaban J connectivity index is 1.67. The summed E-state index contributed by atoms with van der Waals surface area (Å²) in [5.41, 5.74) is 1.62. The van der Waals surface area contributed by atoms with Gasteiger partial charge >= 0.3 is 6.18 Å². The number of halogens is 3. The zero-order valence-electron chi connectivity index (χ0n) is 21.2. The molecule has 0 spiro atoms. The number of carbonyl (C=O) groups excluding carboxylic acids is 1. The normalized spacial score (nSPS) is 12.3. The monoisotopic (exact) mass is 519 g/mol. The second kappa shape index (κ2) is 11.1. The van der Waals surface area contributed by atoms with E-state index in [1.165, 1.54) is 23.5 Å². The minimum absolute atomic E-state index is 0.0321. The number of thiazole rings is 1. The Morgan fingerprint density at radius 3 is 2.33 bits per heavy atom. The first-order valence-electron chi connectivity index (χ1n) is 11.9. The second-order valence-corrected chi connectivity index (χ2v) is 10.9. The van der Waals surface area contributed by atoms with E-state index in [4.69, 9.17) is 9.72 Å². The molecular formula is C28H32F3NO3S. The number of hydrogen-bond acceptors (Lipinski definition) is 5. The number of ketones is 1. The average molecular weight is 520 g/mol. The molecule has 4 nitrogen and oxygen atoms in total. The van der Waals surface area contributed by atoms with Crippen LogP contribution in [0.15, 0.2) is 42.5 Å². The molecule has 3 rings (SSSR count). The molecule has 0 unspecified atom stereocenters. The van der Waals surface area contributed by atoms with Crippen LogP contribution in [0.3, 0.4) is 0 Å². The molecule has 0 aliphatic heterocycles. The van der Waals surface area contributed by atoms with Gasteiger partial charge in [0.1, 0.15) is 16.4 Å². The number of alkyl halides is 3. The number of aliphatic hydroxyl groups excluding tert-OH is 1. The van der Waals surface area contributed by atoms with Gasteiger partial charge in [-0.05, 0) is 75.4 Å². The quantitative estimate of drug-likeness (QED) is 0.280. The van der Waals surface area contributed by atoms with Crippen molar-refractivity contribution in [2.45, 2.75) is 71.6 Å². The zero-order valence-corrected chi connectivity index (χ0v) is 22.0. The van der Waals surface area contributed by atoms with Gasteiger partial charge in [-0.1, -0.05) is 26.0 Å². The van der Waals surface area contributed by atoms with Gasteiger partial charge in [-0.3, -0.25) is 4.79 Å². The number of aliphatic hydroxyl groups is 1. The van der Waals surface area contributed by atoms with Crippen LogP contribution >= 0.6 is 11.3 Å². The first-order chi connectivity index (χ1) is 16.8. The molecule has 0 atom stereocenters. The van der Waals surface area contributed by atoms with Gasteiger partial charge in [0, 0.05) is 22.4 Å². The van der Waals surface area contributed by atoms with Gasteiger partial charge in [0.15, 0.2) is 5.78 Å². The maximum Gasteiger partial charge on any atom is 0.416 e. The largest absolute Gasteiger partial charge is 0.485 e. The highest BCUT2D eigenvalue weighted by atomic mass is 32.1. The minimum atomic E-state index is -4.37. The Labute approximate surface area is 214 Å². The van der Waals surface area contributed by atoms with Gasteiger partial charge in [0.2, 0.25) is 0 Å². The minimum Gasteiger partial charge on any atom is -0.485 e. The Hall–Kier alpha value is -2.71. The van der Waals surface area contributed by atoms with E-state index in [1.807, 2.05) is 20.8 Å². The summed E-state index contributed by atoms with van der Waals surface area (Å²) in [6, 6.07) is 10.4. The highest BCUT2D eigenvalue weighted by Gasteiger charge is 2.30. The lowest BCUT2D eigenvalue weighted by Crippen LogP contribution is -2.32. The first-order valence-corrected chi connectivity index (χ1v) is 12.7. The molecule has 0 aliphatic rings. The molecular weight excluding hydrogens is 487 g/mol. The number of ether oxygens (including phenoxy) is 1. The third-order valence-corrected chi connectivity index (χ3v) is 6.99. The Morgan fingerprint density at radius 1 is 1.11 bits per heavy atom. The molecule has 36 heavy (non-hydrogen) atoms. The number of aromatic nitrogens is 1. The molecule has 0 fully saturated rings. The summed E-state index contributed by atoms with van der Waals surface area (Å²) in [7, 11) is 0. The lowest BCUT2D eigenvalue weighted by Gasteiger charge is -2.25. The number of rotatable bonds is 10. The van der Waals surface area contributed by atoms with Gasteiger partial charge in [0.05, 0.1) is 17.9 Å². The fourth-order valence-corrected chi connectivity index (χ4v) is 5.00. The van der Waals surface area contributed by atoms with Crippen LogP contribution in [0.2, 0.25) is 0 Å². The summed E-state index contributed by atoms with van der Waals surface area (Å²) in [6.07, 6.45) is -2.69. The third-order valence-electron chi connectivity index (χ3n) is 5.81. The lowest BCUT2D eigenvalue weighted by molar-refractivity contribution is -0.137. The molecule has 0 aliphatic carbocycles. The molecule has 8 heteroatoms. The first kappa shape index (κ1) is 27.9. The number of aryl methyl sites for hydroxylation is 2. The topological polar surface area (TPSA) is 59.4 Å². The number of benzene rings is 2. The van der Waals surface area contributed by atoms with Crippen molar-refractivity contribution in [2.75, 3.05) is 6.61 Å². The van der Waals surface area contributed by atoms with Gasteiger partial charge < -0.3 is 9.84 Å². The van der Waals surface area contributed by atoms with Crippen molar-refractivity contribution in [3.05, 3.63) is 69.7 Å². The maximum absolute atomic E-state index is 12.9. The molecule has 0 amide bonds. The van der Waals surface area contributed by atoms with Crippen molar-refractivity contribution in [2.24, 2.45) is 0 Å². The Bertz CT molecular complexity index is 1200. The summed E-state index contributed by atoms with van der Waals surface area (Å²) in [4.78, 5) is 18.6. The van der Waals surface area contributed by atoms with E-state index >= 15 is 0 Å². The number of hydrogen-bond donors (Lipinski definition) is 1. The molecule has 3 aromatic rings. The van der Waals surface area contributed by atoms with E-state index in [0.717, 1.165) is 28.3 Å². The average Bonchev–Trinajstić information content (AvgIpc) is 3.24. The van der Waals surface area contributed by atoms with Crippen LogP contribution in [0.25, 0.3) is 10.6 Å². The maximum atomic E-state index is 12.9. The summed E-state index contributed by atoms with van der Waals surface area (Å²) in [6.45, 7) is 9.40. The van der Waals surface area contributed by atoms with Crippen LogP contribution in [-0.2, 0) is 12.6 Å². The van der Waals surface area contributed by atoms with Crippen LogP contribution in [0, 0.1) is 6.92 Å². The van der Waals surface area contributed by atoms with Gasteiger partial charge in [-0.25, -0.2) is 4.98 Å². The summed E-state index contributed by atoms with van der Waals surface area (Å²) >= 11 is 1.47. The second-order valence-electron chi connectivity index (χ2n) is 9.83. The number of Topliss-reactive ketones (excluding diaryl/α,β-unsaturated/α-hetero) is 1. The van der Waals surface area contributed by atoms with Gasteiger partial charge in [-0.2, -0.15) is 13.2 Å².